The fourth-order valence-electron chi connectivity index (χ4n) is 3.28. The zero-order valence-corrected chi connectivity index (χ0v) is 15.0. The van der Waals surface area contributed by atoms with Crippen LogP contribution in [0.3, 0.4) is 0 Å². The van der Waals surface area contributed by atoms with E-state index in [4.69, 9.17) is 5.26 Å². The Labute approximate surface area is 158 Å². The Balaban J connectivity index is 1.65. The van der Waals surface area contributed by atoms with Gasteiger partial charge < -0.3 is 16.0 Å². The number of hydrogen-bond donors (Lipinski definition) is 3. The molecule has 6 heteroatoms. The minimum absolute atomic E-state index is 0.0990. The lowest BCUT2D eigenvalue weighted by Gasteiger charge is -2.18. The molecule has 1 atom stereocenters. The first-order chi connectivity index (χ1) is 13.2. The molecule has 0 spiro atoms. The van der Waals surface area contributed by atoms with Gasteiger partial charge in [0, 0.05) is 12.1 Å². The SMILES string of the molecule is N#CCNC(=O)C(Cc1ccccc1)NC(=O)Nc1ccc2c(c1)CCC2. The van der Waals surface area contributed by atoms with Gasteiger partial charge in [-0.2, -0.15) is 5.26 Å². The van der Waals surface area contributed by atoms with Gasteiger partial charge in [-0.3, -0.25) is 4.79 Å². The Bertz CT molecular complexity index is 858. The number of anilines is 1. The van der Waals surface area contributed by atoms with E-state index in [9.17, 15) is 9.59 Å². The molecule has 3 N–H and O–H groups in total. The number of carbonyl (C=O) groups is 2. The smallest absolute Gasteiger partial charge is 0.319 e. The zero-order valence-electron chi connectivity index (χ0n) is 15.0. The second kappa shape index (κ2) is 8.86. The van der Waals surface area contributed by atoms with E-state index in [0.717, 1.165) is 24.8 Å². The van der Waals surface area contributed by atoms with Gasteiger partial charge in [0.1, 0.15) is 12.6 Å². The summed E-state index contributed by atoms with van der Waals surface area (Å²) >= 11 is 0. The molecular weight excluding hydrogens is 340 g/mol. The summed E-state index contributed by atoms with van der Waals surface area (Å²) in [5.41, 5.74) is 4.23. The monoisotopic (exact) mass is 362 g/mol. The second-order valence-electron chi connectivity index (χ2n) is 6.55. The summed E-state index contributed by atoms with van der Waals surface area (Å²) in [6.45, 7) is -0.0990. The fraction of sp³-hybridized carbons (Fsp3) is 0.286. The predicted molar refractivity (Wildman–Crippen MR) is 103 cm³/mol. The topological polar surface area (TPSA) is 94.0 Å². The summed E-state index contributed by atoms with van der Waals surface area (Å²) < 4.78 is 0. The van der Waals surface area contributed by atoms with E-state index in [0.29, 0.717) is 12.1 Å². The van der Waals surface area contributed by atoms with E-state index in [-0.39, 0.29) is 12.5 Å². The van der Waals surface area contributed by atoms with E-state index >= 15 is 0 Å². The van der Waals surface area contributed by atoms with Crippen LogP contribution in [-0.2, 0) is 24.1 Å². The average molecular weight is 362 g/mol. The van der Waals surface area contributed by atoms with Crippen molar-refractivity contribution in [3.63, 3.8) is 0 Å². The molecule has 0 fully saturated rings. The van der Waals surface area contributed by atoms with Gasteiger partial charge in [0.05, 0.1) is 6.07 Å². The number of urea groups is 1. The van der Waals surface area contributed by atoms with E-state index in [1.54, 1.807) is 0 Å². The Morgan fingerprint density at radius 2 is 1.85 bits per heavy atom. The molecule has 6 nitrogen and oxygen atoms in total. The first-order valence-electron chi connectivity index (χ1n) is 9.03. The summed E-state index contributed by atoms with van der Waals surface area (Å²) in [4.78, 5) is 24.8. The number of hydrogen-bond acceptors (Lipinski definition) is 3. The highest BCUT2D eigenvalue weighted by molar-refractivity contribution is 5.94. The van der Waals surface area contributed by atoms with Crippen molar-refractivity contribution in [2.45, 2.75) is 31.7 Å². The van der Waals surface area contributed by atoms with Gasteiger partial charge in [-0.1, -0.05) is 36.4 Å². The quantitative estimate of drug-likeness (QED) is 0.689. The van der Waals surface area contributed by atoms with Crippen LogP contribution in [0.2, 0.25) is 0 Å². The minimum Gasteiger partial charge on any atom is -0.341 e. The summed E-state index contributed by atoms with van der Waals surface area (Å²) in [6, 6.07) is 16.0. The predicted octanol–water partition coefficient (Wildman–Crippen LogP) is 2.55. The Hall–Kier alpha value is -3.33. The number of benzene rings is 2. The van der Waals surface area contributed by atoms with Crippen LogP contribution >= 0.6 is 0 Å². The maximum atomic E-state index is 12.4. The molecule has 0 bridgehead atoms. The van der Waals surface area contributed by atoms with Gasteiger partial charge in [-0.15, -0.1) is 0 Å². The molecule has 2 aromatic carbocycles. The zero-order chi connectivity index (χ0) is 19.1. The number of nitrogens with zero attached hydrogens (tertiary/aromatic N) is 1. The highest BCUT2D eigenvalue weighted by atomic mass is 16.2. The van der Waals surface area contributed by atoms with Crippen LogP contribution in [0.15, 0.2) is 48.5 Å². The molecule has 0 saturated heterocycles. The van der Waals surface area contributed by atoms with Crippen molar-refractivity contribution in [2.75, 3.05) is 11.9 Å². The molecule has 3 rings (SSSR count). The molecule has 1 aliphatic carbocycles. The van der Waals surface area contributed by atoms with Gasteiger partial charge in [-0.05, 0) is 48.1 Å². The van der Waals surface area contributed by atoms with E-state index < -0.39 is 12.1 Å². The van der Waals surface area contributed by atoms with Crippen LogP contribution in [-0.4, -0.2) is 24.5 Å². The van der Waals surface area contributed by atoms with Crippen molar-refractivity contribution >= 4 is 17.6 Å². The van der Waals surface area contributed by atoms with E-state index in [2.05, 4.69) is 16.0 Å². The van der Waals surface area contributed by atoms with Crippen LogP contribution in [0.4, 0.5) is 10.5 Å². The lowest BCUT2D eigenvalue weighted by Crippen LogP contribution is -2.49. The molecule has 27 heavy (non-hydrogen) atoms. The molecule has 138 valence electrons. The number of nitriles is 1. The number of nitrogens with one attached hydrogen (secondary N) is 3. The van der Waals surface area contributed by atoms with Crippen molar-refractivity contribution < 1.29 is 9.59 Å². The maximum absolute atomic E-state index is 12.4. The number of carbonyl (C=O) groups excluding carboxylic acids is 2. The number of amides is 3. The van der Waals surface area contributed by atoms with Crippen molar-refractivity contribution in [1.82, 2.24) is 10.6 Å². The third kappa shape index (κ3) is 5.08. The van der Waals surface area contributed by atoms with Gasteiger partial charge >= 0.3 is 6.03 Å². The van der Waals surface area contributed by atoms with Crippen LogP contribution in [0.5, 0.6) is 0 Å². The van der Waals surface area contributed by atoms with Crippen molar-refractivity contribution in [2.24, 2.45) is 0 Å². The third-order valence-electron chi connectivity index (χ3n) is 4.60. The molecule has 0 saturated carbocycles. The second-order valence-corrected chi connectivity index (χ2v) is 6.55. The van der Waals surface area contributed by atoms with Gasteiger partial charge in [0.15, 0.2) is 0 Å². The highest BCUT2D eigenvalue weighted by Gasteiger charge is 2.21. The molecule has 1 aliphatic rings. The molecule has 3 amide bonds. The number of aryl methyl sites for hydroxylation is 2. The normalized spacial score (nSPS) is 13.1. The van der Waals surface area contributed by atoms with Gasteiger partial charge in [0.25, 0.3) is 0 Å². The van der Waals surface area contributed by atoms with Crippen LogP contribution in [0.1, 0.15) is 23.1 Å². The lowest BCUT2D eigenvalue weighted by molar-refractivity contribution is -0.122. The van der Waals surface area contributed by atoms with Crippen molar-refractivity contribution in [1.29, 1.82) is 5.26 Å². The lowest BCUT2D eigenvalue weighted by atomic mass is 10.1. The standard InChI is InChI=1S/C21H22N4O2/c22-11-12-23-20(26)19(13-15-5-2-1-3-6-15)25-21(27)24-18-10-9-16-7-4-8-17(16)14-18/h1-3,5-6,9-10,14,19H,4,7-8,12-13H2,(H,23,26)(H2,24,25,27). The summed E-state index contributed by atoms with van der Waals surface area (Å²) in [7, 11) is 0. The summed E-state index contributed by atoms with van der Waals surface area (Å²) in [6.07, 6.45) is 3.60. The van der Waals surface area contributed by atoms with Crippen LogP contribution in [0, 0.1) is 11.3 Å². The summed E-state index contributed by atoms with van der Waals surface area (Å²) in [5, 5.41) is 16.7. The number of rotatable bonds is 6. The third-order valence-corrected chi connectivity index (χ3v) is 4.60. The Morgan fingerprint density at radius 1 is 1.07 bits per heavy atom. The highest BCUT2D eigenvalue weighted by Crippen LogP contribution is 2.24. The molecule has 0 radical (unpaired) electrons. The van der Waals surface area contributed by atoms with Gasteiger partial charge in [0.2, 0.25) is 5.91 Å². The number of fused-ring (bicyclic) bond motifs is 1. The molecule has 0 aromatic heterocycles. The average Bonchev–Trinajstić information content (AvgIpc) is 3.14. The fourth-order valence-corrected chi connectivity index (χ4v) is 3.28. The largest absolute Gasteiger partial charge is 0.341 e. The van der Waals surface area contributed by atoms with Crippen LogP contribution in [0.25, 0.3) is 0 Å². The maximum Gasteiger partial charge on any atom is 0.319 e. The van der Waals surface area contributed by atoms with Crippen LogP contribution < -0.4 is 16.0 Å². The molecule has 0 aliphatic heterocycles. The molecule has 2 aromatic rings. The Morgan fingerprint density at radius 3 is 2.63 bits per heavy atom. The first-order valence-corrected chi connectivity index (χ1v) is 9.03. The van der Waals surface area contributed by atoms with Crippen molar-refractivity contribution in [3.05, 3.63) is 65.2 Å². The molecule has 0 heterocycles. The van der Waals surface area contributed by atoms with Gasteiger partial charge in [-0.25, -0.2) is 4.79 Å². The molecular formula is C21H22N4O2. The Kier molecular flexibility index (Phi) is 6.06. The first kappa shape index (κ1) is 18.5. The van der Waals surface area contributed by atoms with E-state index in [1.165, 1.54) is 11.1 Å². The summed E-state index contributed by atoms with van der Waals surface area (Å²) in [5.74, 6) is -0.385. The molecule has 1 unspecified atom stereocenters. The van der Waals surface area contributed by atoms with E-state index in [1.807, 2.05) is 54.6 Å². The minimum atomic E-state index is -0.768. The van der Waals surface area contributed by atoms with Crippen molar-refractivity contribution in [3.8, 4) is 6.07 Å².